The van der Waals surface area contributed by atoms with E-state index in [4.69, 9.17) is 10.00 Å². The number of benzene rings is 1. The molecule has 8 heteroatoms. The zero-order chi connectivity index (χ0) is 18.4. The third-order valence-electron chi connectivity index (χ3n) is 3.44. The van der Waals surface area contributed by atoms with Gasteiger partial charge in [-0.1, -0.05) is 30.8 Å². The van der Waals surface area contributed by atoms with Gasteiger partial charge >= 0.3 is 0 Å². The maximum atomic E-state index is 12.4. The van der Waals surface area contributed by atoms with Crippen molar-refractivity contribution < 1.29 is 9.53 Å². The number of thioether (sulfide) groups is 1. The normalized spacial score (nSPS) is 11.4. The maximum absolute atomic E-state index is 12.4. The number of aromatic amines is 1. The third kappa shape index (κ3) is 4.39. The summed E-state index contributed by atoms with van der Waals surface area (Å²) >= 11 is 1.12. The van der Waals surface area contributed by atoms with Crippen molar-refractivity contribution in [2.75, 3.05) is 12.4 Å². The van der Waals surface area contributed by atoms with Gasteiger partial charge in [-0.15, -0.1) is 0 Å². The smallest absolute Gasteiger partial charge is 0.269 e. The van der Waals surface area contributed by atoms with E-state index in [1.54, 1.807) is 25.1 Å². The molecule has 1 amide bonds. The molecule has 1 atom stereocenters. The molecule has 2 rings (SSSR count). The second-order valence-corrected chi connectivity index (χ2v) is 6.44. The second-order valence-electron chi connectivity index (χ2n) is 5.11. The zero-order valence-corrected chi connectivity index (χ0v) is 14.9. The van der Waals surface area contributed by atoms with E-state index in [0.717, 1.165) is 11.8 Å². The lowest BCUT2D eigenvalue weighted by atomic mass is 10.2. The number of amides is 1. The van der Waals surface area contributed by atoms with E-state index >= 15 is 0 Å². The number of aryl methyl sites for hydroxylation is 1. The summed E-state index contributed by atoms with van der Waals surface area (Å²) in [6.45, 7) is 3.52. The highest BCUT2D eigenvalue weighted by molar-refractivity contribution is 8.00. The van der Waals surface area contributed by atoms with Crippen molar-refractivity contribution in [2.24, 2.45) is 0 Å². The van der Waals surface area contributed by atoms with Crippen LogP contribution in [0.3, 0.4) is 0 Å². The second kappa shape index (κ2) is 8.35. The van der Waals surface area contributed by atoms with E-state index in [0.29, 0.717) is 28.7 Å². The number of nitrogens with one attached hydrogen (secondary N) is 2. The monoisotopic (exact) mass is 358 g/mol. The predicted molar refractivity (Wildman–Crippen MR) is 95.9 cm³/mol. The largest absolute Gasteiger partial charge is 0.495 e. The summed E-state index contributed by atoms with van der Waals surface area (Å²) in [7, 11) is 1.53. The molecule has 1 aromatic heterocycles. The molecular formula is C17H18N4O3S. The fraction of sp³-hybridized carbons (Fsp3) is 0.294. The van der Waals surface area contributed by atoms with E-state index in [1.807, 2.05) is 19.1 Å². The Morgan fingerprint density at radius 1 is 1.48 bits per heavy atom. The summed E-state index contributed by atoms with van der Waals surface area (Å²) in [6.07, 6.45) is 0.460. The van der Waals surface area contributed by atoms with Crippen LogP contribution >= 0.6 is 11.8 Å². The number of H-pyrrole nitrogens is 1. The lowest BCUT2D eigenvalue weighted by molar-refractivity contribution is -0.115. The fourth-order valence-corrected chi connectivity index (χ4v) is 2.94. The molecule has 7 nitrogen and oxygen atoms in total. The lowest BCUT2D eigenvalue weighted by Gasteiger charge is -2.14. The summed E-state index contributed by atoms with van der Waals surface area (Å²) in [4.78, 5) is 31.1. The number of carbonyl (C=O) groups is 1. The molecule has 0 aliphatic carbocycles. The van der Waals surface area contributed by atoms with Crippen LogP contribution in [0, 0.1) is 11.3 Å². The van der Waals surface area contributed by atoms with Gasteiger partial charge in [-0.2, -0.15) is 5.26 Å². The summed E-state index contributed by atoms with van der Waals surface area (Å²) in [5.74, 6) is 0.311. The summed E-state index contributed by atoms with van der Waals surface area (Å²) in [6, 6.07) is 8.95. The van der Waals surface area contributed by atoms with Crippen LogP contribution in [-0.2, 0) is 11.2 Å². The van der Waals surface area contributed by atoms with Crippen LogP contribution in [-0.4, -0.2) is 28.2 Å². The van der Waals surface area contributed by atoms with Crippen molar-refractivity contribution in [1.29, 1.82) is 5.26 Å². The van der Waals surface area contributed by atoms with Gasteiger partial charge < -0.3 is 15.0 Å². The van der Waals surface area contributed by atoms with E-state index in [9.17, 15) is 9.59 Å². The molecule has 0 aliphatic heterocycles. The molecular weight excluding hydrogens is 340 g/mol. The van der Waals surface area contributed by atoms with Gasteiger partial charge in [0.05, 0.1) is 23.7 Å². The minimum absolute atomic E-state index is 0.0120. The highest BCUT2D eigenvalue weighted by atomic mass is 32.2. The maximum Gasteiger partial charge on any atom is 0.269 e. The number of hydrogen-bond acceptors (Lipinski definition) is 6. The van der Waals surface area contributed by atoms with Crippen LogP contribution in [0.25, 0.3) is 0 Å². The highest BCUT2D eigenvalue weighted by Crippen LogP contribution is 2.25. The molecule has 1 aromatic carbocycles. The molecule has 0 aliphatic rings. The number of hydrogen-bond donors (Lipinski definition) is 2. The van der Waals surface area contributed by atoms with Crippen molar-refractivity contribution in [3.05, 3.63) is 45.9 Å². The van der Waals surface area contributed by atoms with Gasteiger partial charge in [-0.25, -0.2) is 4.98 Å². The molecule has 2 aromatic rings. The van der Waals surface area contributed by atoms with Gasteiger partial charge in [0.15, 0.2) is 5.16 Å². The molecule has 2 N–H and O–H groups in total. The van der Waals surface area contributed by atoms with Crippen molar-refractivity contribution >= 4 is 23.4 Å². The van der Waals surface area contributed by atoms with Gasteiger partial charge in [0, 0.05) is 0 Å². The van der Waals surface area contributed by atoms with Crippen LogP contribution in [0.2, 0.25) is 0 Å². The Kier molecular flexibility index (Phi) is 6.19. The SMILES string of the molecule is CCc1nc(S[C@H](C)C(=O)Nc2ccccc2OC)[nH]c(=O)c1C#N. The molecule has 0 spiro atoms. The summed E-state index contributed by atoms with van der Waals surface area (Å²) in [5, 5.41) is 11.6. The standard InChI is InChI=1S/C17H18N4O3S/c1-4-12-11(9-18)16(23)21-17(20-12)25-10(2)15(22)19-13-7-5-6-8-14(13)24-3/h5-8,10H,4H2,1-3H3,(H,19,22)(H,20,21,23)/t10-/m1/s1. The van der Waals surface area contributed by atoms with Crippen LogP contribution < -0.4 is 15.6 Å². The molecule has 0 unspecified atom stereocenters. The first-order valence-corrected chi connectivity index (χ1v) is 8.51. The Labute approximate surface area is 149 Å². The number of aromatic nitrogens is 2. The molecule has 0 saturated carbocycles. The fourth-order valence-electron chi connectivity index (χ4n) is 2.13. The van der Waals surface area contributed by atoms with E-state index < -0.39 is 10.8 Å². The number of methoxy groups -OCH3 is 1. The quantitative estimate of drug-likeness (QED) is 0.606. The summed E-state index contributed by atoms with van der Waals surface area (Å²) < 4.78 is 5.20. The molecule has 1 heterocycles. The van der Waals surface area contributed by atoms with E-state index in [2.05, 4.69) is 15.3 Å². The Morgan fingerprint density at radius 3 is 2.84 bits per heavy atom. The molecule has 130 valence electrons. The molecule has 0 radical (unpaired) electrons. The van der Waals surface area contributed by atoms with Crippen molar-refractivity contribution in [3.63, 3.8) is 0 Å². The average Bonchev–Trinajstić information content (AvgIpc) is 2.61. The Bertz CT molecular complexity index is 873. The Balaban J connectivity index is 2.15. The first kappa shape index (κ1) is 18.5. The first-order chi connectivity index (χ1) is 12.0. The highest BCUT2D eigenvalue weighted by Gasteiger charge is 2.19. The van der Waals surface area contributed by atoms with Crippen molar-refractivity contribution in [3.8, 4) is 11.8 Å². The van der Waals surface area contributed by atoms with Gasteiger partial charge in [0.2, 0.25) is 5.91 Å². The van der Waals surface area contributed by atoms with Crippen molar-refractivity contribution in [1.82, 2.24) is 9.97 Å². The number of para-hydroxylation sites is 2. The molecule has 25 heavy (non-hydrogen) atoms. The van der Waals surface area contributed by atoms with Gasteiger partial charge in [-0.05, 0) is 25.5 Å². The van der Waals surface area contributed by atoms with Gasteiger partial charge in [0.25, 0.3) is 5.56 Å². The zero-order valence-electron chi connectivity index (χ0n) is 14.1. The molecule has 0 saturated heterocycles. The average molecular weight is 358 g/mol. The predicted octanol–water partition coefficient (Wildman–Crippen LogP) is 2.33. The van der Waals surface area contributed by atoms with Crippen LogP contribution in [0.5, 0.6) is 5.75 Å². The van der Waals surface area contributed by atoms with Crippen LogP contribution in [0.15, 0.2) is 34.2 Å². The molecule has 0 fully saturated rings. The summed E-state index contributed by atoms with van der Waals surface area (Å²) in [5.41, 5.74) is 0.510. The third-order valence-corrected chi connectivity index (χ3v) is 4.43. The number of anilines is 1. The number of nitrogens with zero attached hydrogens (tertiary/aromatic N) is 2. The lowest BCUT2D eigenvalue weighted by Crippen LogP contribution is -2.24. The minimum Gasteiger partial charge on any atom is -0.495 e. The number of nitriles is 1. The van der Waals surface area contributed by atoms with Gasteiger partial charge in [-0.3, -0.25) is 9.59 Å². The van der Waals surface area contributed by atoms with E-state index in [-0.39, 0.29) is 11.5 Å². The Hall–Kier alpha value is -2.79. The number of carbonyl (C=O) groups excluding carboxylic acids is 1. The van der Waals surface area contributed by atoms with Gasteiger partial charge in [0.1, 0.15) is 17.4 Å². The number of rotatable bonds is 6. The van der Waals surface area contributed by atoms with Crippen molar-refractivity contribution in [2.45, 2.75) is 30.7 Å². The first-order valence-electron chi connectivity index (χ1n) is 7.64. The van der Waals surface area contributed by atoms with Crippen LogP contribution in [0.1, 0.15) is 25.1 Å². The van der Waals surface area contributed by atoms with Crippen LogP contribution in [0.4, 0.5) is 5.69 Å². The minimum atomic E-state index is -0.509. The molecule has 0 bridgehead atoms. The van der Waals surface area contributed by atoms with E-state index in [1.165, 1.54) is 7.11 Å². The number of ether oxygens (including phenoxy) is 1. The Morgan fingerprint density at radius 2 is 2.20 bits per heavy atom. The topological polar surface area (TPSA) is 108 Å².